The SMILES string of the molecule is Cc1ccc(NC(=O)C(C)C)cc1NC(=O)c1ccc(S(=O)(=O)N(C)C(C)C)cc1. The van der Waals surface area contributed by atoms with Gasteiger partial charge in [-0.15, -0.1) is 0 Å². The fourth-order valence-electron chi connectivity index (χ4n) is 2.54. The van der Waals surface area contributed by atoms with Crippen molar-refractivity contribution < 1.29 is 18.0 Å². The lowest BCUT2D eigenvalue weighted by atomic mass is 10.1. The molecule has 0 aliphatic heterocycles. The Morgan fingerprint density at radius 2 is 1.53 bits per heavy atom. The zero-order valence-electron chi connectivity index (χ0n) is 18.2. The molecule has 0 fully saturated rings. The summed E-state index contributed by atoms with van der Waals surface area (Å²) < 4.78 is 26.4. The highest BCUT2D eigenvalue weighted by Crippen LogP contribution is 2.22. The number of sulfonamides is 1. The average Bonchev–Trinajstić information content (AvgIpc) is 2.69. The van der Waals surface area contributed by atoms with Crippen LogP contribution in [0, 0.1) is 12.8 Å². The number of nitrogens with zero attached hydrogens (tertiary/aromatic N) is 1. The van der Waals surface area contributed by atoms with E-state index in [1.165, 1.54) is 35.6 Å². The predicted octanol–water partition coefficient (Wildman–Crippen LogP) is 3.87. The summed E-state index contributed by atoms with van der Waals surface area (Å²) in [6.45, 7) is 9.03. The molecule has 0 spiro atoms. The highest BCUT2D eigenvalue weighted by molar-refractivity contribution is 7.89. The Bertz CT molecular complexity index is 1030. The molecule has 0 radical (unpaired) electrons. The van der Waals surface area contributed by atoms with E-state index >= 15 is 0 Å². The maximum absolute atomic E-state index is 12.7. The Morgan fingerprint density at radius 3 is 2.07 bits per heavy atom. The van der Waals surface area contributed by atoms with Crippen LogP contribution in [0.2, 0.25) is 0 Å². The molecule has 30 heavy (non-hydrogen) atoms. The standard InChI is InChI=1S/C22H29N3O4S/c1-14(2)21(26)23-18-10-7-16(5)20(13-18)24-22(27)17-8-11-19(12-9-17)30(28,29)25(6)15(3)4/h7-15H,1-6H3,(H,23,26)(H,24,27). The van der Waals surface area contributed by atoms with E-state index in [-0.39, 0.29) is 28.7 Å². The molecule has 2 aromatic carbocycles. The lowest BCUT2D eigenvalue weighted by Gasteiger charge is -2.21. The molecule has 0 aliphatic rings. The Labute approximate surface area is 178 Å². The number of nitrogens with one attached hydrogen (secondary N) is 2. The van der Waals surface area contributed by atoms with E-state index in [9.17, 15) is 18.0 Å². The van der Waals surface area contributed by atoms with Crippen molar-refractivity contribution in [2.24, 2.45) is 5.92 Å². The number of carbonyl (C=O) groups excluding carboxylic acids is 2. The van der Waals surface area contributed by atoms with Gasteiger partial charge in [-0.1, -0.05) is 19.9 Å². The Morgan fingerprint density at radius 1 is 0.933 bits per heavy atom. The highest BCUT2D eigenvalue weighted by Gasteiger charge is 2.23. The average molecular weight is 432 g/mol. The molecular formula is C22H29N3O4S. The third kappa shape index (κ3) is 5.46. The molecule has 2 aromatic rings. The maximum atomic E-state index is 12.7. The molecule has 0 aliphatic carbocycles. The van der Waals surface area contributed by atoms with Crippen LogP contribution in [0.1, 0.15) is 43.6 Å². The summed E-state index contributed by atoms with van der Waals surface area (Å²) in [5, 5.41) is 5.62. The number of rotatable bonds is 7. The Kier molecular flexibility index (Phi) is 7.39. The molecule has 0 heterocycles. The van der Waals surface area contributed by atoms with Crippen molar-refractivity contribution in [2.45, 2.75) is 45.6 Å². The molecule has 2 amide bonds. The van der Waals surface area contributed by atoms with Crippen LogP contribution < -0.4 is 10.6 Å². The van der Waals surface area contributed by atoms with Crippen molar-refractivity contribution >= 4 is 33.2 Å². The van der Waals surface area contributed by atoms with Gasteiger partial charge < -0.3 is 10.6 Å². The van der Waals surface area contributed by atoms with Gasteiger partial charge >= 0.3 is 0 Å². The molecule has 0 unspecified atom stereocenters. The number of hydrogen-bond acceptors (Lipinski definition) is 4. The minimum Gasteiger partial charge on any atom is -0.326 e. The van der Waals surface area contributed by atoms with Crippen molar-refractivity contribution in [1.29, 1.82) is 0 Å². The highest BCUT2D eigenvalue weighted by atomic mass is 32.2. The second kappa shape index (κ2) is 9.40. The fourth-order valence-corrected chi connectivity index (χ4v) is 3.91. The third-order valence-corrected chi connectivity index (χ3v) is 6.85. The topological polar surface area (TPSA) is 95.6 Å². The Balaban J connectivity index is 2.20. The molecule has 8 heteroatoms. The normalized spacial score (nSPS) is 11.8. The van der Waals surface area contributed by atoms with Crippen molar-refractivity contribution in [1.82, 2.24) is 4.31 Å². The number of hydrogen-bond donors (Lipinski definition) is 2. The van der Waals surface area contributed by atoms with Crippen LogP contribution in [0.25, 0.3) is 0 Å². The summed E-state index contributed by atoms with van der Waals surface area (Å²) in [4.78, 5) is 24.7. The first-order valence-corrected chi connectivity index (χ1v) is 11.2. The molecular weight excluding hydrogens is 402 g/mol. The first-order valence-electron chi connectivity index (χ1n) is 9.74. The summed E-state index contributed by atoms with van der Waals surface area (Å²) in [6, 6.07) is 10.9. The van der Waals surface area contributed by atoms with Crippen molar-refractivity contribution in [3.8, 4) is 0 Å². The summed E-state index contributed by atoms with van der Waals surface area (Å²) in [5.41, 5.74) is 2.33. The van der Waals surface area contributed by atoms with E-state index in [4.69, 9.17) is 0 Å². The van der Waals surface area contributed by atoms with Gasteiger partial charge in [0, 0.05) is 35.9 Å². The number of anilines is 2. The van der Waals surface area contributed by atoms with Crippen LogP contribution in [0.5, 0.6) is 0 Å². The van der Waals surface area contributed by atoms with Gasteiger partial charge in [0.1, 0.15) is 0 Å². The summed E-state index contributed by atoms with van der Waals surface area (Å²) >= 11 is 0. The van der Waals surface area contributed by atoms with Crippen LogP contribution in [-0.2, 0) is 14.8 Å². The van der Waals surface area contributed by atoms with Crippen LogP contribution in [0.3, 0.4) is 0 Å². The van der Waals surface area contributed by atoms with E-state index in [1.807, 2.05) is 13.0 Å². The number of amides is 2. The van der Waals surface area contributed by atoms with Gasteiger partial charge in [-0.25, -0.2) is 8.42 Å². The monoisotopic (exact) mass is 431 g/mol. The first kappa shape index (κ1) is 23.6. The summed E-state index contributed by atoms with van der Waals surface area (Å²) in [7, 11) is -2.09. The molecule has 0 atom stereocenters. The smallest absolute Gasteiger partial charge is 0.255 e. The van der Waals surface area contributed by atoms with Crippen LogP contribution in [0.4, 0.5) is 11.4 Å². The summed E-state index contributed by atoms with van der Waals surface area (Å²) in [6.07, 6.45) is 0. The lowest BCUT2D eigenvalue weighted by molar-refractivity contribution is -0.118. The van der Waals surface area contributed by atoms with E-state index < -0.39 is 10.0 Å². The fraction of sp³-hybridized carbons (Fsp3) is 0.364. The van der Waals surface area contributed by atoms with E-state index in [1.54, 1.807) is 39.8 Å². The van der Waals surface area contributed by atoms with Crippen LogP contribution >= 0.6 is 0 Å². The van der Waals surface area contributed by atoms with Crippen molar-refractivity contribution in [2.75, 3.05) is 17.7 Å². The molecule has 0 aromatic heterocycles. The molecule has 0 saturated heterocycles. The van der Waals surface area contributed by atoms with Gasteiger partial charge in [0.05, 0.1) is 4.90 Å². The number of aryl methyl sites for hydroxylation is 1. The largest absolute Gasteiger partial charge is 0.326 e. The zero-order valence-corrected chi connectivity index (χ0v) is 19.0. The molecule has 162 valence electrons. The quantitative estimate of drug-likeness (QED) is 0.696. The predicted molar refractivity (Wildman–Crippen MR) is 119 cm³/mol. The molecule has 0 saturated carbocycles. The van der Waals surface area contributed by atoms with Crippen LogP contribution in [0.15, 0.2) is 47.4 Å². The Hall–Kier alpha value is -2.71. The van der Waals surface area contributed by atoms with Crippen LogP contribution in [-0.4, -0.2) is 37.6 Å². The van der Waals surface area contributed by atoms with E-state index in [0.29, 0.717) is 16.9 Å². The van der Waals surface area contributed by atoms with E-state index in [0.717, 1.165) is 5.56 Å². The first-order chi connectivity index (χ1) is 13.9. The lowest BCUT2D eigenvalue weighted by Crippen LogP contribution is -2.33. The third-order valence-electron chi connectivity index (χ3n) is 4.80. The number of carbonyl (C=O) groups is 2. The molecule has 2 rings (SSSR count). The van der Waals surface area contributed by atoms with Gasteiger partial charge in [0.25, 0.3) is 5.91 Å². The van der Waals surface area contributed by atoms with Gasteiger partial charge in [-0.2, -0.15) is 4.31 Å². The maximum Gasteiger partial charge on any atom is 0.255 e. The van der Waals surface area contributed by atoms with Gasteiger partial charge in [0.15, 0.2) is 0 Å². The van der Waals surface area contributed by atoms with Gasteiger partial charge in [0.2, 0.25) is 15.9 Å². The molecule has 2 N–H and O–H groups in total. The minimum absolute atomic E-state index is 0.112. The second-order valence-corrected chi connectivity index (χ2v) is 9.76. The molecule has 7 nitrogen and oxygen atoms in total. The van der Waals surface area contributed by atoms with Crippen molar-refractivity contribution in [3.05, 3.63) is 53.6 Å². The van der Waals surface area contributed by atoms with E-state index in [2.05, 4.69) is 10.6 Å². The minimum atomic E-state index is -3.61. The second-order valence-electron chi connectivity index (χ2n) is 7.77. The van der Waals surface area contributed by atoms with Gasteiger partial charge in [-0.3, -0.25) is 9.59 Å². The summed E-state index contributed by atoms with van der Waals surface area (Å²) in [5.74, 6) is -0.639. The van der Waals surface area contributed by atoms with Crippen molar-refractivity contribution in [3.63, 3.8) is 0 Å². The molecule has 0 bridgehead atoms. The number of benzene rings is 2. The zero-order chi connectivity index (χ0) is 22.6. The van der Waals surface area contributed by atoms with Gasteiger partial charge in [-0.05, 0) is 62.7 Å².